The maximum absolute atomic E-state index is 12.6. The second-order valence-corrected chi connectivity index (χ2v) is 6.62. The molecule has 0 atom stereocenters. The molecule has 5 rings (SSSR count). The van der Waals surface area contributed by atoms with Crippen LogP contribution >= 0.6 is 0 Å². The number of rotatable bonds is 2. The van der Waals surface area contributed by atoms with Gasteiger partial charge in [0, 0.05) is 49.6 Å². The topological polar surface area (TPSA) is 102 Å². The summed E-state index contributed by atoms with van der Waals surface area (Å²) in [4.78, 5) is 31.5. The van der Waals surface area contributed by atoms with Gasteiger partial charge in [0.1, 0.15) is 11.6 Å². The quantitative estimate of drug-likeness (QED) is 0.578. The Bertz CT molecular complexity index is 1180. The number of aryl methyl sites for hydroxylation is 1. The molecule has 0 fully saturated rings. The summed E-state index contributed by atoms with van der Waals surface area (Å²) >= 11 is 0. The first kappa shape index (κ1) is 16.4. The highest BCUT2D eigenvalue weighted by atomic mass is 16.4. The summed E-state index contributed by atoms with van der Waals surface area (Å²) in [6.07, 6.45) is 8.71. The lowest BCUT2D eigenvalue weighted by molar-refractivity contribution is 0.195. The van der Waals surface area contributed by atoms with E-state index in [1.807, 2.05) is 12.3 Å². The number of fused-ring (bicyclic) bond motifs is 2. The van der Waals surface area contributed by atoms with Gasteiger partial charge in [-0.05, 0) is 12.1 Å². The van der Waals surface area contributed by atoms with Crippen LogP contribution in [0.5, 0.6) is 0 Å². The first-order chi connectivity index (χ1) is 13.7. The van der Waals surface area contributed by atoms with Gasteiger partial charge in [-0.2, -0.15) is 0 Å². The van der Waals surface area contributed by atoms with Gasteiger partial charge in [0.25, 0.3) is 0 Å². The Morgan fingerprint density at radius 2 is 2.04 bits per heavy atom. The van der Waals surface area contributed by atoms with Crippen molar-refractivity contribution in [3.63, 3.8) is 0 Å². The molecule has 0 bridgehead atoms. The minimum absolute atomic E-state index is 0.198. The number of amides is 2. The van der Waals surface area contributed by atoms with Gasteiger partial charge in [-0.1, -0.05) is 0 Å². The summed E-state index contributed by atoms with van der Waals surface area (Å²) in [5, 5.41) is 3.72. The van der Waals surface area contributed by atoms with Crippen molar-refractivity contribution in [3.8, 4) is 11.3 Å². The van der Waals surface area contributed by atoms with Crippen LogP contribution in [0.3, 0.4) is 0 Å². The highest BCUT2D eigenvalue weighted by Gasteiger charge is 2.21. The van der Waals surface area contributed by atoms with Crippen molar-refractivity contribution >= 4 is 22.8 Å². The van der Waals surface area contributed by atoms with Crippen LogP contribution in [0.1, 0.15) is 11.7 Å². The molecule has 0 radical (unpaired) electrons. The predicted molar refractivity (Wildman–Crippen MR) is 101 cm³/mol. The molecule has 140 valence electrons. The normalized spacial score (nSPS) is 13.5. The zero-order valence-corrected chi connectivity index (χ0v) is 15.2. The zero-order valence-electron chi connectivity index (χ0n) is 15.2. The monoisotopic (exact) mass is 375 g/mol. The van der Waals surface area contributed by atoms with Gasteiger partial charge < -0.3 is 13.9 Å². The third-order valence-corrected chi connectivity index (χ3v) is 4.74. The van der Waals surface area contributed by atoms with E-state index in [0.717, 1.165) is 28.8 Å². The van der Waals surface area contributed by atoms with Crippen molar-refractivity contribution in [2.75, 3.05) is 11.9 Å². The van der Waals surface area contributed by atoms with Crippen LogP contribution in [0.25, 0.3) is 22.2 Å². The van der Waals surface area contributed by atoms with E-state index in [9.17, 15) is 4.79 Å². The highest BCUT2D eigenvalue weighted by molar-refractivity contribution is 5.91. The number of urea groups is 1. The van der Waals surface area contributed by atoms with Gasteiger partial charge >= 0.3 is 6.03 Å². The van der Waals surface area contributed by atoms with Crippen LogP contribution in [0.2, 0.25) is 0 Å². The summed E-state index contributed by atoms with van der Waals surface area (Å²) in [5.74, 6) is 2.60. The first-order valence-corrected chi connectivity index (χ1v) is 8.90. The number of pyridine rings is 2. The van der Waals surface area contributed by atoms with E-state index in [0.29, 0.717) is 30.6 Å². The molecule has 28 heavy (non-hydrogen) atoms. The first-order valence-electron chi connectivity index (χ1n) is 8.90. The lowest BCUT2D eigenvalue weighted by Gasteiger charge is -2.27. The second-order valence-electron chi connectivity index (χ2n) is 6.62. The number of aromatic nitrogens is 5. The summed E-state index contributed by atoms with van der Waals surface area (Å²) in [6.45, 7) is 3.63. The van der Waals surface area contributed by atoms with Crippen LogP contribution in [-0.2, 0) is 13.1 Å². The van der Waals surface area contributed by atoms with Crippen molar-refractivity contribution in [1.82, 2.24) is 29.4 Å². The number of anilines is 1. The molecule has 5 heterocycles. The van der Waals surface area contributed by atoms with Crippen molar-refractivity contribution in [1.29, 1.82) is 0 Å². The molecule has 9 nitrogen and oxygen atoms in total. The fraction of sp³-hybridized carbons (Fsp3) is 0.211. The van der Waals surface area contributed by atoms with Gasteiger partial charge in [0.15, 0.2) is 11.7 Å². The molecule has 0 aromatic carbocycles. The largest absolute Gasteiger partial charge is 0.441 e. The van der Waals surface area contributed by atoms with E-state index in [-0.39, 0.29) is 6.03 Å². The van der Waals surface area contributed by atoms with E-state index in [1.54, 1.807) is 42.7 Å². The Kier molecular flexibility index (Phi) is 3.78. The molecule has 0 spiro atoms. The summed E-state index contributed by atoms with van der Waals surface area (Å²) in [7, 11) is 0. The molecule has 4 aromatic heterocycles. The fourth-order valence-corrected chi connectivity index (χ4v) is 3.26. The van der Waals surface area contributed by atoms with E-state index >= 15 is 0 Å². The van der Waals surface area contributed by atoms with E-state index in [4.69, 9.17) is 4.42 Å². The number of carbonyl (C=O) groups is 1. The Labute approximate surface area is 160 Å². The highest BCUT2D eigenvalue weighted by Crippen LogP contribution is 2.24. The summed E-state index contributed by atoms with van der Waals surface area (Å²) in [5.41, 5.74) is 1.55. The zero-order chi connectivity index (χ0) is 19.1. The third kappa shape index (κ3) is 2.96. The van der Waals surface area contributed by atoms with Crippen molar-refractivity contribution in [2.45, 2.75) is 20.0 Å². The van der Waals surface area contributed by atoms with Crippen LogP contribution < -0.4 is 5.32 Å². The SMILES string of the molecule is Cc1ncc(-c2cnc3cnc(NC(=O)N4CCn5ccnc5C4)cc3c2)o1. The molecule has 1 N–H and O–H groups in total. The van der Waals surface area contributed by atoms with Crippen molar-refractivity contribution in [2.24, 2.45) is 0 Å². The van der Waals surface area contributed by atoms with Gasteiger partial charge in [0.2, 0.25) is 0 Å². The molecule has 1 aliphatic rings. The van der Waals surface area contributed by atoms with Gasteiger partial charge in [0.05, 0.1) is 24.5 Å². The molecule has 4 aromatic rings. The molecule has 0 unspecified atom stereocenters. The van der Waals surface area contributed by atoms with E-state index < -0.39 is 0 Å². The molecule has 2 amide bonds. The van der Waals surface area contributed by atoms with Gasteiger partial charge in [-0.3, -0.25) is 10.3 Å². The number of oxazole rings is 1. The minimum atomic E-state index is -0.198. The number of hydrogen-bond acceptors (Lipinski definition) is 6. The van der Waals surface area contributed by atoms with Crippen LogP contribution in [-0.4, -0.2) is 42.0 Å². The fourth-order valence-electron chi connectivity index (χ4n) is 3.26. The Morgan fingerprint density at radius 3 is 2.89 bits per heavy atom. The van der Waals surface area contributed by atoms with Crippen molar-refractivity contribution in [3.05, 3.63) is 54.8 Å². The Hall–Kier alpha value is -3.75. The molecule has 1 aliphatic heterocycles. The van der Waals surface area contributed by atoms with E-state index in [1.165, 1.54) is 0 Å². The number of nitrogens with one attached hydrogen (secondary N) is 1. The summed E-state index contributed by atoms with van der Waals surface area (Å²) < 4.78 is 7.62. The maximum atomic E-state index is 12.6. The molecule has 0 saturated carbocycles. The third-order valence-electron chi connectivity index (χ3n) is 4.74. The van der Waals surface area contributed by atoms with Gasteiger partial charge in [-0.25, -0.2) is 19.7 Å². The maximum Gasteiger partial charge on any atom is 0.323 e. The average molecular weight is 375 g/mol. The number of nitrogens with zero attached hydrogens (tertiary/aromatic N) is 6. The molecule has 9 heteroatoms. The molecular formula is C19H17N7O2. The number of imidazole rings is 1. The lowest BCUT2D eigenvalue weighted by Crippen LogP contribution is -2.40. The standard InChI is InChI=1S/C19H17N7O2/c1-12-21-10-16(28-12)14-6-13-7-17(23-9-15(13)22-8-14)24-19(27)26-5-4-25-3-2-20-18(25)11-26/h2-3,6-10H,4-5,11H2,1H3,(H,23,24,27). The smallest absolute Gasteiger partial charge is 0.323 e. The average Bonchev–Trinajstić information content (AvgIpc) is 3.35. The second kappa shape index (κ2) is 6.45. The molecule has 0 aliphatic carbocycles. The molecular weight excluding hydrogens is 358 g/mol. The number of hydrogen-bond donors (Lipinski definition) is 1. The van der Waals surface area contributed by atoms with Crippen molar-refractivity contribution < 1.29 is 9.21 Å². The minimum Gasteiger partial charge on any atom is -0.441 e. The number of carbonyl (C=O) groups excluding carboxylic acids is 1. The molecule has 0 saturated heterocycles. The van der Waals surface area contributed by atoms with Crippen LogP contribution in [0.15, 0.2) is 47.5 Å². The Morgan fingerprint density at radius 1 is 1.11 bits per heavy atom. The van der Waals surface area contributed by atoms with Crippen LogP contribution in [0, 0.1) is 6.92 Å². The Balaban J connectivity index is 1.38. The van der Waals surface area contributed by atoms with Crippen LogP contribution in [0.4, 0.5) is 10.6 Å². The summed E-state index contributed by atoms with van der Waals surface area (Å²) in [6, 6.07) is 3.55. The predicted octanol–water partition coefficient (Wildman–Crippen LogP) is 2.84. The van der Waals surface area contributed by atoms with Gasteiger partial charge in [-0.15, -0.1) is 0 Å². The van der Waals surface area contributed by atoms with E-state index in [2.05, 4.69) is 29.8 Å². The lowest BCUT2D eigenvalue weighted by atomic mass is 10.1.